The van der Waals surface area contributed by atoms with Crippen LogP contribution in [0.2, 0.25) is 5.02 Å². The molecule has 1 N–H and O–H groups in total. The number of carbonyl (C=O) groups excluding carboxylic acids is 1. The molecule has 0 unspecified atom stereocenters. The van der Waals surface area contributed by atoms with E-state index in [1.165, 1.54) is 5.57 Å². The molecule has 1 aliphatic heterocycles. The molecule has 126 valence electrons. The molecule has 2 rings (SSSR count). The van der Waals surface area contributed by atoms with Gasteiger partial charge < -0.3 is 10.0 Å². The van der Waals surface area contributed by atoms with Crippen molar-refractivity contribution in [2.45, 2.75) is 39.7 Å². The zero-order valence-corrected chi connectivity index (χ0v) is 14.9. The number of halogens is 1. The third kappa shape index (κ3) is 4.82. The maximum Gasteiger partial charge on any atom is 0.228 e. The molecule has 0 saturated heterocycles. The molecule has 4 heteroatoms. The van der Waals surface area contributed by atoms with Crippen LogP contribution in [0.5, 0.6) is 0 Å². The van der Waals surface area contributed by atoms with Gasteiger partial charge in [-0.3, -0.25) is 4.79 Å². The first-order valence-corrected chi connectivity index (χ1v) is 8.68. The van der Waals surface area contributed by atoms with Crippen molar-refractivity contribution in [2.24, 2.45) is 11.8 Å². The second kappa shape index (κ2) is 7.98. The van der Waals surface area contributed by atoms with E-state index in [-0.39, 0.29) is 11.8 Å². The molecule has 1 aliphatic rings. The summed E-state index contributed by atoms with van der Waals surface area (Å²) in [5, 5.41) is 10.7. The van der Waals surface area contributed by atoms with Crippen LogP contribution < -0.4 is 0 Å². The highest BCUT2D eigenvalue weighted by Gasteiger charge is 2.29. The van der Waals surface area contributed by atoms with E-state index < -0.39 is 6.10 Å². The van der Waals surface area contributed by atoms with Crippen molar-refractivity contribution < 1.29 is 9.90 Å². The van der Waals surface area contributed by atoms with E-state index in [1.807, 2.05) is 29.2 Å². The van der Waals surface area contributed by atoms with E-state index >= 15 is 0 Å². The summed E-state index contributed by atoms with van der Waals surface area (Å²) in [6.07, 6.45) is 3.06. The number of carbonyl (C=O) groups is 1. The van der Waals surface area contributed by atoms with Crippen LogP contribution in [0.4, 0.5) is 0 Å². The van der Waals surface area contributed by atoms with Gasteiger partial charge in [-0.05, 0) is 49.0 Å². The summed E-state index contributed by atoms with van der Waals surface area (Å²) in [6.45, 7) is 7.19. The third-order valence-corrected chi connectivity index (χ3v) is 4.61. The monoisotopic (exact) mass is 335 g/mol. The summed E-state index contributed by atoms with van der Waals surface area (Å²) in [6, 6.07) is 7.81. The number of rotatable bonds is 5. The van der Waals surface area contributed by atoms with Crippen LogP contribution in [0.1, 0.15) is 39.2 Å². The smallest absolute Gasteiger partial charge is 0.228 e. The van der Waals surface area contributed by atoms with E-state index in [9.17, 15) is 9.90 Å². The van der Waals surface area contributed by atoms with E-state index in [0.29, 0.717) is 19.0 Å². The van der Waals surface area contributed by atoms with Gasteiger partial charge >= 0.3 is 0 Å². The molecule has 1 aromatic carbocycles. The second-order valence-electron chi connectivity index (χ2n) is 6.75. The molecule has 23 heavy (non-hydrogen) atoms. The Morgan fingerprint density at radius 2 is 1.91 bits per heavy atom. The molecule has 1 aromatic rings. The van der Waals surface area contributed by atoms with Crippen LogP contribution in [0, 0.1) is 11.8 Å². The van der Waals surface area contributed by atoms with Gasteiger partial charge in [-0.25, -0.2) is 0 Å². The highest BCUT2D eigenvalue weighted by Crippen LogP contribution is 2.26. The van der Waals surface area contributed by atoms with Crippen LogP contribution in [0.25, 0.3) is 5.57 Å². The summed E-state index contributed by atoms with van der Waals surface area (Å²) in [5.41, 5.74) is 2.42. The number of hydrogen-bond donors (Lipinski definition) is 1. The summed E-state index contributed by atoms with van der Waals surface area (Å²) in [5.74, 6) is 0.157. The van der Waals surface area contributed by atoms with Gasteiger partial charge in [0.15, 0.2) is 0 Å². The van der Waals surface area contributed by atoms with E-state index in [4.69, 9.17) is 11.6 Å². The second-order valence-corrected chi connectivity index (χ2v) is 7.18. The van der Waals surface area contributed by atoms with E-state index in [1.54, 1.807) is 6.92 Å². The van der Waals surface area contributed by atoms with E-state index in [2.05, 4.69) is 19.9 Å². The first-order valence-electron chi connectivity index (χ1n) is 8.30. The number of hydrogen-bond acceptors (Lipinski definition) is 2. The Labute approximate surface area is 143 Å². The van der Waals surface area contributed by atoms with Crippen molar-refractivity contribution in [3.63, 3.8) is 0 Å². The summed E-state index contributed by atoms with van der Waals surface area (Å²) >= 11 is 5.93. The van der Waals surface area contributed by atoms with Gasteiger partial charge in [0.05, 0.1) is 12.0 Å². The highest BCUT2D eigenvalue weighted by molar-refractivity contribution is 6.30. The Kier molecular flexibility index (Phi) is 6.25. The molecular weight excluding hydrogens is 310 g/mol. The largest absolute Gasteiger partial charge is 0.393 e. The standard InChI is InChI=1S/C19H26ClNO2/c1-13(2)12-18(14(3)22)19(23)21-10-8-16(9-11-21)15-4-6-17(20)7-5-15/h4-8,13-14,18,22H,9-12H2,1-3H3/t14-,18+/m1/s1. The van der Waals surface area contributed by atoms with Crippen molar-refractivity contribution in [2.75, 3.05) is 13.1 Å². The maximum atomic E-state index is 12.7. The minimum absolute atomic E-state index is 0.0695. The van der Waals surface area contributed by atoms with Gasteiger partial charge in [0.2, 0.25) is 5.91 Å². The molecule has 2 atom stereocenters. The summed E-state index contributed by atoms with van der Waals surface area (Å²) < 4.78 is 0. The molecule has 0 aliphatic carbocycles. The number of benzene rings is 1. The minimum Gasteiger partial charge on any atom is -0.393 e. The average molecular weight is 336 g/mol. The average Bonchev–Trinajstić information content (AvgIpc) is 2.52. The van der Waals surface area contributed by atoms with Gasteiger partial charge in [-0.2, -0.15) is 0 Å². The Balaban J connectivity index is 2.04. The lowest BCUT2D eigenvalue weighted by Gasteiger charge is -2.32. The SMILES string of the molecule is CC(C)C[C@H](C(=O)N1CC=C(c2ccc(Cl)cc2)CC1)[C@@H](C)O. The molecule has 0 spiro atoms. The van der Waals surface area contributed by atoms with Crippen LogP contribution in [-0.4, -0.2) is 35.1 Å². The molecule has 0 saturated carbocycles. The Bertz CT molecular complexity index is 563. The predicted molar refractivity (Wildman–Crippen MR) is 95.3 cm³/mol. The molecular formula is C19H26ClNO2. The van der Waals surface area contributed by atoms with Crippen molar-refractivity contribution in [3.05, 3.63) is 40.9 Å². The first kappa shape index (κ1) is 18.0. The lowest BCUT2D eigenvalue weighted by atomic mass is 9.90. The van der Waals surface area contributed by atoms with Gasteiger partial charge in [0.25, 0.3) is 0 Å². The maximum absolute atomic E-state index is 12.7. The van der Waals surface area contributed by atoms with Crippen LogP contribution in [0.15, 0.2) is 30.3 Å². The van der Waals surface area contributed by atoms with Gasteiger partial charge in [-0.15, -0.1) is 0 Å². The quantitative estimate of drug-likeness (QED) is 0.883. The Morgan fingerprint density at radius 1 is 1.26 bits per heavy atom. The van der Waals surface area contributed by atoms with Crippen molar-refractivity contribution in [3.8, 4) is 0 Å². The predicted octanol–water partition coefficient (Wildman–Crippen LogP) is 4.00. The molecule has 1 amide bonds. The fraction of sp³-hybridized carbons (Fsp3) is 0.526. The van der Waals surface area contributed by atoms with Gasteiger partial charge in [-0.1, -0.05) is 43.7 Å². The lowest BCUT2D eigenvalue weighted by molar-refractivity contribution is -0.139. The summed E-state index contributed by atoms with van der Waals surface area (Å²) in [4.78, 5) is 14.5. The molecule has 0 aromatic heterocycles. The fourth-order valence-electron chi connectivity index (χ4n) is 3.04. The minimum atomic E-state index is -0.605. The van der Waals surface area contributed by atoms with Crippen molar-refractivity contribution in [1.29, 1.82) is 0 Å². The molecule has 1 heterocycles. The molecule has 3 nitrogen and oxygen atoms in total. The summed E-state index contributed by atoms with van der Waals surface area (Å²) in [7, 11) is 0. The normalized spacial score (nSPS) is 17.8. The van der Waals surface area contributed by atoms with Crippen LogP contribution >= 0.6 is 11.6 Å². The number of nitrogens with zero attached hydrogens (tertiary/aromatic N) is 1. The topological polar surface area (TPSA) is 40.5 Å². The molecule has 0 fully saturated rings. The van der Waals surface area contributed by atoms with Gasteiger partial charge in [0.1, 0.15) is 0 Å². The molecule has 0 bridgehead atoms. The Morgan fingerprint density at radius 3 is 2.39 bits per heavy atom. The third-order valence-electron chi connectivity index (χ3n) is 4.36. The zero-order chi connectivity index (χ0) is 17.0. The van der Waals surface area contributed by atoms with E-state index in [0.717, 1.165) is 23.4 Å². The van der Waals surface area contributed by atoms with Crippen molar-refractivity contribution in [1.82, 2.24) is 4.90 Å². The molecule has 0 radical (unpaired) electrons. The van der Waals surface area contributed by atoms with Gasteiger partial charge in [0, 0.05) is 18.1 Å². The van der Waals surface area contributed by atoms with Crippen molar-refractivity contribution >= 4 is 23.1 Å². The zero-order valence-electron chi connectivity index (χ0n) is 14.1. The number of amides is 1. The highest BCUT2D eigenvalue weighted by atomic mass is 35.5. The van der Waals surface area contributed by atoms with Crippen LogP contribution in [-0.2, 0) is 4.79 Å². The van der Waals surface area contributed by atoms with Crippen LogP contribution in [0.3, 0.4) is 0 Å². The number of aliphatic hydroxyl groups is 1. The fourth-order valence-corrected chi connectivity index (χ4v) is 3.17. The lowest BCUT2D eigenvalue weighted by Crippen LogP contribution is -2.42. The number of aliphatic hydroxyl groups excluding tert-OH is 1. The first-order chi connectivity index (χ1) is 10.9. The Hall–Kier alpha value is -1.32.